The first-order valence-corrected chi connectivity index (χ1v) is 7.37. The summed E-state index contributed by atoms with van der Waals surface area (Å²) in [6, 6.07) is 5.66. The lowest BCUT2D eigenvalue weighted by Crippen LogP contribution is -2.45. The van der Waals surface area contributed by atoms with Gasteiger partial charge in [-0.15, -0.1) is 11.3 Å². The molecule has 1 unspecified atom stereocenters. The lowest BCUT2D eigenvalue weighted by atomic mass is 10.1. The highest BCUT2D eigenvalue weighted by molar-refractivity contribution is 7.20. The molecule has 1 aliphatic carbocycles. The van der Waals surface area contributed by atoms with Crippen LogP contribution in [0.1, 0.15) is 22.5 Å². The third kappa shape index (κ3) is 2.82. The maximum atomic E-state index is 13.2. The van der Waals surface area contributed by atoms with Crippen molar-refractivity contribution in [2.24, 2.45) is 16.8 Å². The Bertz CT molecular complexity index is 724. The second-order valence-corrected chi connectivity index (χ2v) is 6.19. The smallest absolute Gasteiger partial charge is 0.261 e. The minimum atomic E-state index is -0.454. The van der Waals surface area contributed by atoms with Crippen LogP contribution < -0.4 is 11.1 Å². The number of nitrogens with one attached hydrogen (secondary N) is 1. The third-order valence-electron chi connectivity index (χ3n) is 3.52. The van der Waals surface area contributed by atoms with Crippen molar-refractivity contribution in [3.63, 3.8) is 0 Å². The molecule has 110 valence electrons. The number of carbonyl (C=O) groups excluding carboxylic acids is 1. The summed E-state index contributed by atoms with van der Waals surface area (Å²) >= 11 is 1.22. The molecule has 0 bridgehead atoms. The Hall–Kier alpha value is -2.15. The molecule has 5 nitrogen and oxygen atoms in total. The number of oxime groups is 1. The fourth-order valence-corrected chi connectivity index (χ4v) is 3.25. The monoisotopic (exact) mass is 307 g/mol. The average molecular weight is 307 g/mol. The molecule has 21 heavy (non-hydrogen) atoms. The molecule has 4 N–H and O–H groups in total. The van der Waals surface area contributed by atoms with Gasteiger partial charge >= 0.3 is 0 Å². The van der Waals surface area contributed by atoms with Crippen LogP contribution in [0.4, 0.5) is 4.39 Å². The Kier molecular flexibility index (Phi) is 3.50. The fraction of sp³-hybridized carbons (Fsp3) is 0.286. The van der Waals surface area contributed by atoms with Gasteiger partial charge in [0.05, 0.1) is 10.9 Å². The first kappa shape index (κ1) is 13.8. The number of halogens is 1. The van der Waals surface area contributed by atoms with E-state index in [-0.39, 0.29) is 23.5 Å². The van der Waals surface area contributed by atoms with Gasteiger partial charge in [-0.3, -0.25) is 4.79 Å². The first-order chi connectivity index (χ1) is 10.1. The highest BCUT2D eigenvalue weighted by Gasteiger charge is 2.35. The first-order valence-electron chi connectivity index (χ1n) is 6.56. The molecule has 0 spiro atoms. The van der Waals surface area contributed by atoms with E-state index in [0.29, 0.717) is 9.58 Å². The largest absolute Gasteiger partial charge is 0.409 e. The summed E-state index contributed by atoms with van der Waals surface area (Å²) < 4.78 is 13.9. The summed E-state index contributed by atoms with van der Waals surface area (Å²) in [7, 11) is 0. The Balaban J connectivity index is 1.82. The number of nitrogens with zero attached hydrogens (tertiary/aromatic N) is 1. The van der Waals surface area contributed by atoms with E-state index in [1.807, 2.05) is 0 Å². The number of amides is 1. The number of fused-ring (bicyclic) bond motifs is 1. The molecule has 3 rings (SSSR count). The number of hydrogen-bond donors (Lipinski definition) is 3. The van der Waals surface area contributed by atoms with E-state index in [1.165, 1.54) is 23.5 Å². The molecule has 7 heteroatoms. The Morgan fingerprint density at radius 1 is 1.48 bits per heavy atom. The van der Waals surface area contributed by atoms with Crippen LogP contribution in [0.2, 0.25) is 0 Å². The van der Waals surface area contributed by atoms with Crippen molar-refractivity contribution >= 4 is 33.2 Å². The van der Waals surface area contributed by atoms with Crippen LogP contribution in [0.25, 0.3) is 10.1 Å². The zero-order valence-electron chi connectivity index (χ0n) is 11.0. The summed E-state index contributed by atoms with van der Waals surface area (Å²) in [6.07, 6.45) is 1.89. The minimum absolute atomic E-state index is 0.0120. The van der Waals surface area contributed by atoms with Gasteiger partial charge in [-0.1, -0.05) is 11.2 Å². The van der Waals surface area contributed by atoms with E-state index >= 15 is 0 Å². The highest BCUT2D eigenvalue weighted by Crippen LogP contribution is 2.33. The molecule has 1 atom stereocenters. The lowest BCUT2D eigenvalue weighted by Gasteiger charge is -2.15. The lowest BCUT2D eigenvalue weighted by molar-refractivity contribution is 0.0947. The van der Waals surface area contributed by atoms with Crippen molar-refractivity contribution in [2.75, 3.05) is 0 Å². The standard InChI is InChI=1S/C14H14FN3O2S/c15-9-4-3-8-5-11(21-10(8)6-9)14(19)17-12(7-1-2-7)13(16)18-20/h3-7,12,20H,1-2H2,(H2,16,18)(H,17,19). The van der Waals surface area contributed by atoms with Gasteiger partial charge in [0.1, 0.15) is 5.82 Å². The van der Waals surface area contributed by atoms with E-state index < -0.39 is 6.04 Å². The normalized spacial score (nSPS) is 16.9. The van der Waals surface area contributed by atoms with E-state index in [0.717, 1.165) is 18.2 Å². The maximum absolute atomic E-state index is 13.2. The Morgan fingerprint density at radius 2 is 2.24 bits per heavy atom. The van der Waals surface area contributed by atoms with Gasteiger partial charge in [0.25, 0.3) is 5.91 Å². The van der Waals surface area contributed by atoms with Crippen molar-refractivity contribution in [3.05, 3.63) is 35.0 Å². The zero-order valence-corrected chi connectivity index (χ0v) is 11.9. The molecule has 2 aromatic rings. The van der Waals surface area contributed by atoms with Crippen LogP contribution in [0.15, 0.2) is 29.4 Å². The van der Waals surface area contributed by atoms with Crippen LogP contribution in [0.3, 0.4) is 0 Å². The van der Waals surface area contributed by atoms with Gasteiger partial charge in [0.2, 0.25) is 0 Å². The fourth-order valence-electron chi connectivity index (χ4n) is 2.25. The molecular formula is C14H14FN3O2S. The van der Waals surface area contributed by atoms with Crippen molar-refractivity contribution in [1.82, 2.24) is 5.32 Å². The molecule has 0 saturated heterocycles. The van der Waals surface area contributed by atoms with Crippen molar-refractivity contribution in [1.29, 1.82) is 0 Å². The molecule has 1 fully saturated rings. The van der Waals surface area contributed by atoms with Crippen LogP contribution in [0.5, 0.6) is 0 Å². The molecule has 1 aromatic carbocycles. The van der Waals surface area contributed by atoms with Crippen molar-refractivity contribution < 1.29 is 14.4 Å². The van der Waals surface area contributed by atoms with Crippen LogP contribution in [-0.2, 0) is 0 Å². The van der Waals surface area contributed by atoms with E-state index in [2.05, 4.69) is 10.5 Å². The summed E-state index contributed by atoms with van der Waals surface area (Å²) in [5.41, 5.74) is 5.62. The number of carbonyl (C=O) groups is 1. The van der Waals surface area contributed by atoms with E-state index in [4.69, 9.17) is 10.9 Å². The molecule has 0 aliphatic heterocycles. The van der Waals surface area contributed by atoms with Gasteiger partial charge in [-0.2, -0.15) is 0 Å². The zero-order chi connectivity index (χ0) is 15.0. The van der Waals surface area contributed by atoms with Gasteiger partial charge in [-0.25, -0.2) is 4.39 Å². The third-order valence-corrected chi connectivity index (χ3v) is 4.62. The highest BCUT2D eigenvalue weighted by atomic mass is 32.1. The van der Waals surface area contributed by atoms with Crippen LogP contribution in [-0.4, -0.2) is 23.0 Å². The summed E-state index contributed by atoms with van der Waals surface area (Å²) in [6.45, 7) is 0. The number of rotatable bonds is 4. The summed E-state index contributed by atoms with van der Waals surface area (Å²) in [5, 5.41) is 15.4. The van der Waals surface area contributed by atoms with Gasteiger partial charge in [0, 0.05) is 4.70 Å². The molecule has 1 saturated carbocycles. The van der Waals surface area contributed by atoms with E-state index in [9.17, 15) is 9.18 Å². The maximum Gasteiger partial charge on any atom is 0.261 e. The predicted octanol–water partition coefficient (Wildman–Crippen LogP) is 2.30. The SMILES string of the molecule is N/C(=N/O)C(NC(=O)c1cc2ccc(F)cc2s1)C1CC1. The minimum Gasteiger partial charge on any atom is -0.409 e. The van der Waals surface area contributed by atoms with Gasteiger partial charge in [0.15, 0.2) is 5.84 Å². The number of thiophene rings is 1. The topological polar surface area (TPSA) is 87.7 Å². The number of benzene rings is 1. The molecule has 1 amide bonds. The Morgan fingerprint density at radius 3 is 2.90 bits per heavy atom. The van der Waals surface area contributed by atoms with Crippen molar-refractivity contribution in [2.45, 2.75) is 18.9 Å². The summed E-state index contributed by atoms with van der Waals surface area (Å²) in [5.74, 6) is -0.390. The van der Waals surface area contributed by atoms with Gasteiger partial charge in [-0.05, 0) is 42.3 Å². The molecule has 1 aromatic heterocycles. The number of hydrogen-bond acceptors (Lipinski definition) is 4. The molecule has 1 heterocycles. The number of nitrogens with two attached hydrogens (primary N) is 1. The van der Waals surface area contributed by atoms with E-state index in [1.54, 1.807) is 12.1 Å². The molecular weight excluding hydrogens is 293 g/mol. The van der Waals surface area contributed by atoms with Crippen LogP contribution in [0, 0.1) is 11.7 Å². The summed E-state index contributed by atoms with van der Waals surface area (Å²) in [4.78, 5) is 12.8. The van der Waals surface area contributed by atoms with Crippen LogP contribution >= 0.6 is 11.3 Å². The molecule has 0 radical (unpaired) electrons. The molecule has 1 aliphatic rings. The number of amidine groups is 1. The van der Waals surface area contributed by atoms with Gasteiger partial charge < -0.3 is 16.3 Å². The second kappa shape index (κ2) is 5.33. The quantitative estimate of drug-likeness (QED) is 0.350. The predicted molar refractivity (Wildman–Crippen MR) is 79.2 cm³/mol. The average Bonchev–Trinajstić information content (AvgIpc) is 3.22. The Labute approximate surface area is 124 Å². The van der Waals surface area contributed by atoms with Crippen molar-refractivity contribution in [3.8, 4) is 0 Å². The second-order valence-electron chi connectivity index (χ2n) is 5.11.